The highest BCUT2D eigenvalue weighted by Gasteiger charge is 2.31. The van der Waals surface area contributed by atoms with E-state index in [2.05, 4.69) is 15.3 Å². The number of alkyl halides is 3. The predicted molar refractivity (Wildman–Crippen MR) is 139 cm³/mol. The number of carbonyl (C=O) groups excluding carboxylic acids is 1. The summed E-state index contributed by atoms with van der Waals surface area (Å²) in [5, 5.41) is 3.61. The van der Waals surface area contributed by atoms with Crippen LogP contribution < -0.4 is 10.9 Å². The molecule has 6 nitrogen and oxygen atoms in total. The topological polar surface area (TPSA) is 79.8 Å². The summed E-state index contributed by atoms with van der Waals surface area (Å²) < 4.78 is 41.4. The van der Waals surface area contributed by atoms with Crippen LogP contribution in [0.2, 0.25) is 0 Å². The number of halogens is 3. The highest BCUT2D eigenvalue weighted by molar-refractivity contribution is 7.99. The molecule has 0 bridgehead atoms. The van der Waals surface area contributed by atoms with Gasteiger partial charge in [-0.1, -0.05) is 55.1 Å². The number of H-pyrrole nitrogens is 1. The third kappa shape index (κ3) is 4.97. The van der Waals surface area contributed by atoms with Gasteiger partial charge in [-0.25, -0.2) is 4.98 Å². The number of fused-ring (bicyclic) bond motifs is 3. The molecule has 188 valence electrons. The average molecular weight is 523 g/mol. The first-order valence-electron chi connectivity index (χ1n) is 11.5. The van der Waals surface area contributed by atoms with Crippen molar-refractivity contribution in [3.05, 3.63) is 94.3 Å². The van der Waals surface area contributed by atoms with Gasteiger partial charge in [-0.05, 0) is 48.4 Å². The lowest BCUT2D eigenvalue weighted by molar-refractivity contribution is -0.137. The third-order valence-corrected chi connectivity index (χ3v) is 6.84. The van der Waals surface area contributed by atoms with Crippen molar-refractivity contribution in [2.45, 2.75) is 24.7 Å². The number of benzene rings is 3. The molecule has 5 rings (SSSR count). The van der Waals surface area contributed by atoms with Gasteiger partial charge in [-0.15, -0.1) is 0 Å². The number of hydrogen-bond acceptors (Lipinski definition) is 4. The van der Waals surface area contributed by atoms with E-state index in [1.54, 1.807) is 36.4 Å². The molecule has 0 fully saturated rings. The summed E-state index contributed by atoms with van der Waals surface area (Å²) in [5.41, 5.74) is 1.55. The van der Waals surface area contributed by atoms with Crippen LogP contribution in [0.5, 0.6) is 0 Å². The van der Waals surface area contributed by atoms with Crippen molar-refractivity contribution >= 4 is 45.3 Å². The van der Waals surface area contributed by atoms with Crippen LogP contribution in [0.15, 0.2) is 82.7 Å². The maximum atomic E-state index is 13.6. The molecule has 2 aromatic heterocycles. The molecule has 3 aromatic carbocycles. The van der Waals surface area contributed by atoms with Gasteiger partial charge in [0.15, 0.2) is 5.16 Å². The van der Waals surface area contributed by atoms with Crippen LogP contribution in [0.1, 0.15) is 18.1 Å². The van der Waals surface area contributed by atoms with Crippen LogP contribution >= 0.6 is 11.8 Å². The summed E-state index contributed by atoms with van der Waals surface area (Å²) in [7, 11) is 0. The smallest absolute Gasteiger partial charge is 0.349 e. The Labute approximate surface area is 213 Å². The monoisotopic (exact) mass is 522 g/mol. The van der Waals surface area contributed by atoms with Gasteiger partial charge in [-0.3, -0.25) is 14.2 Å². The van der Waals surface area contributed by atoms with Crippen LogP contribution in [0.3, 0.4) is 0 Å². The summed E-state index contributed by atoms with van der Waals surface area (Å²) in [6.45, 7) is 2.03. The van der Waals surface area contributed by atoms with Crippen LogP contribution in [0.25, 0.3) is 27.6 Å². The first-order valence-corrected chi connectivity index (χ1v) is 12.5. The van der Waals surface area contributed by atoms with E-state index in [1.165, 1.54) is 12.1 Å². The summed E-state index contributed by atoms with van der Waals surface area (Å²) in [5.74, 6) is -0.437. The minimum atomic E-state index is -4.58. The van der Waals surface area contributed by atoms with E-state index < -0.39 is 17.3 Å². The number of carbonyl (C=O) groups is 1. The second-order valence-corrected chi connectivity index (χ2v) is 9.31. The summed E-state index contributed by atoms with van der Waals surface area (Å²) >= 11 is 0.976. The van der Waals surface area contributed by atoms with Crippen molar-refractivity contribution in [2.24, 2.45) is 0 Å². The molecule has 0 aliphatic carbocycles. The summed E-state index contributed by atoms with van der Waals surface area (Å²) in [4.78, 5) is 33.9. The van der Waals surface area contributed by atoms with Crippen LogP contribution in [0.4, 0.5) is 18.9 Å². The van der Waals surface area contributed by atoms with Crippen molar-refractivity contribution in [1.82, 2.24) is 14.5 Å². The molecular formula is C27H21F3N4O2S. The van der Waals surface area contributed by atoms with Gasteiger partial charge >= 0.3 is 6.18 Å². The zero-order chi connectivity index (χ0) is 26.2. The second-order valence-electron chi connectivity index (χ2n) is 8.36. The first kappa shape index (κ1) is 24.6. The molecule has 10 heteroatoms. The zero-order valence-electron chi connectivity index (χ0n) is 19.6. The van der Waals surface area contributed by atoms with Crippen molar-refractivity contribution in [1.29, 1.82) is 0 Å². The van der Waals surface area contributed by atoms with Crippen LogP contribution in [0, 0.1) is 0 Å². The van der Waals surface area contributed by atoms with Crippen molar-refractivity contribution in [2.75, 3.05) is 11.1 Å². The number of aromatic amines is 1. The summed E-state index contributed by atoms with van der Waals surface area (Å²) in [6, 6.07) is 19.1. The number of thioether (sulfide) groups is 1. The quantitative estimate of drug-likeness (QED) is 0.206. The van der Waals surface area contributed by atoms with E-state index in [9.17, 15) is 22.8 Å². The van der Waals surface area contributed by atoms with Gasteiger partial charge in [0, 0.05) is 16.6 Å². The molecule has 37 heavy (non-hydrogen) atoms. The molecular weight excluding hydrogens is 501 g/mol. The molecule has 2 heterocycles. The molecule has 5 aromatic rings. The predicted octanol–water partition coefficient (Wildman–Crippen LogP) is 6.18. The second kappa shape index (κ2) is 9.78. The Morgan fingerprint density at radius 1 is 1.05 bits per heavy atom. The number of rotatable bonds is 6. The van der Waals surface area contributed by atoms with E-state index in [0.717, 1.165) is 40.4 Å². The lowest BCUT2D eigenvalue weighted by atomic mass is 10.1. The Balaban J connectivity index is 1.55. The van der Waals surface area contributed by atoms with Gasteiger partial charge in [0.2, 0.25) is 5.91 Å². The number of nitrogens with zero attached hydrogens (tertiary/aromatic N) is 2. The number of amides is 1. The standard InChI is InChI=1S/C27H21F3N4O2S/c1-2-16-10-12-18(13-11-16)31-22(35)15-37-26-33-23-20-8-3-4-9-21(20)32-24(23)25(36)34(26)19-7-5-6-17(14-19)27(28,29)30/h3-14,32H,2,15H2,1H3,(H,31,35). The van der Waals surface area contributed by atoms with Crippen molar-refractivity contribution in [3.8, 4) is 5.69 Å². The number of nitrogens with one attached hydrogen (secondary N) is 2. The normalized spacial score (nSPS) is 11.8. The van der Waals surface area contributed by atoms with Gasteiger partial charge in [0.05, 0.1) is 17.0 Å². The van der Waals surface area contributed by atoms with Gasteiger partial charge < -0.3 is 10.3 Å². The minimum absolute atomic E-state index is 0.00550. The molecule has 0 atom stereocenters. The molecule has 0 saturated carbocycles. The molecule has 0 aliphatic heterocycles. The zero-order valence-corrected chi connectivity index (χ0v) is 20.4. The van der Waals surface area contributed by atoms with E-state index in [1.807, 2.05) is 19.1 Å². The maximum Gasteiger partial charge on any atom is 0.416 e. The molecule has 2 N–H and O–H groups in total. The lowest BCUT2D eigenvalue weighted by Crippen LogP contribution is -2.23. The first-order chi connectivity index (χ1) is 17.7. The van der Waals surface area contributed by atoms with Gasteiger partial charge in [0.1, 0.15) is 11.0 Å². The van der Waals surface area contributed by atoms with Crippen molar-refractivity contribution in [3.63, 3.8) is 0 Å². The fraction of sp³-hybridized carbons (Fsp3) is 0.148. The average Bonchev–Trinajstić information content (AvgIpc) is 3.27. The lowest BCUT2D eigenvalue weighted by Gasteiger charge is -2.14. The molecule has 1 amide bonds. The number of anilines is 1. The molecule has 0 radical (unpaired) electrons. The number of para-hydroxylation sites is 1. The third-order valence-electron chi connectivity index (χ3n) is 5.90. The van der Waals surface area contributed by atoms with E-state index >= 15 is 0 Å². The highest BCUT2D eigenvalue weighted by Crippen LogP contribution is 2.32. The highest BCUT2D eigenvalue weighted by atomic mass is 32.2. The van der Waals surface area contributed by atoms with E-state index in [4.69, 9.17) is 0 Å². The number of aryl methyl sites for hydroxylation is 1. The van der Waals surface area contributed by atoms with Crippen LogP contribution in [-0.4, -0.2) is 26.2 Å². The molecule has 0 saturated heterocycles. The van der Waals surface area contributed by atoms with Crippen LogP contribution in [-0.2, 0) is 17.4 Å². The van der Waals surface area contributed by atoms with Gasteiger partial charge in [-0.2, -0.15) is 13.2 Å². The maximum absolute atomic E-state index is 13.6. The minimum Gasteiger partial charge on any atom is -0.349 e. The summed E-state index contributed by atoms with van der Waals surface area (Å²) in [6.07, 6.45) is -3.71. The Morgan fingerprint density at radius 3 is 2.54 bits per heavy atom. The fourth-order valence-corrected chi connectivity index (χ4v) is 4.84. The Kier molecular flexibility index (Phi) is 6.51. The van der Waals surface area contributed by atoms with Crippen molar-refractivity contribution < 1.29 is 18.0 Å². The Bertz CT molecular complexity index is 1670. The fourth-order valence-electron chi connectivity index (χ4n) is 4.04. The Morgan fingerprint density at radius 2 is 1.81 bits per heavy atom. The van der Waals surface area contributed by atoms with E-state index in [-0.39, 0.29) is 28.0 Å². The molecule has 0 unspecified atom stereocenters. The SMILES string of the molecule is CCc1ccc(NC(=O)CSc2nc3c([nH]c4ccccc43)c(=O)n2-c2cccc(C(F)(F)F)c2)cc1. The Hall–Kier alpha value is -4.05. The molecule has 0 aliphatic rings. The van der Waals surface area contributed by atoms with E-state index in [0.29, 0.717) is 22.1 Å². The largest absolute Gasteiger partial charge is 0.416 e. The number of hydrogen-bond donors (Lipinski definition) is 2. The molecule has 0 spiro atoms. The number of aromatic nitrogens is 3. The van der Waals surface area contributed by atoms with Gasteiger partial charge in [0.25, 0.3) is 5.56 Å².